The Morgan fingerprint density at radius 1 is 1.36 bits per heavy atom. The van der Waals surface area contributed by atoms with Crippen molar-refractivity contribution in [3.05, 3.63) is 46.0 Å². The molecule has 1 aromatic rings. The second-order valence-electron chi connectivity index (χ2n) is 3.20. The lowest BCUT2D eigenvalue weighted by Gasteiger charge is -2.05. The van der Waals surface area contributed by atoms with Gasteiger partial charge in [0.1, 0.15) is 5.69 Å². The Balaban J connectivity index is 2.62. The Bertz CT molecular complexity index is 471. The highest BCUT2D eigenvalue weighted by Crippen LogP contribution is 2.03. The van der Waals surface area contributed by atoms with E-state index in [1.807, 2.05) is 6.08 Å². The van der Waals surface area contributed by atoms with Gasteiger partial charge >= 0.3 is 0 Å². The summed E-state index contributed by atoms with van der Waals surface area (Å²) < 4.78 is 1.45. The molecule has 1 aliphatic heterocycles. The molecular formula is C10H10N2O2. The number of nitrogens with one attached hydrogen (secondary N) is 1. The molecule has 2 heterocycles. The predicted octanol–water partition coefficient (Wildman–Crippen LogP) is 0.495. The van der Waals surface area contributed by atoms with Crippen LogP contribution in [0, 0.1) is 0 Å². The third-order valence-electron chi connectivity index (χ3n) is 2.17. The van der Waals surface area contributed by atoms with E-state index in [1.165, 1.54) is 10.6 Å². The van der Waals surface area contributed by atoms with Gasteiger partial charge in [0, 0.05) is 18.3 Å². The van der Waals surface area contributed by atoms with E-state index in [2.05, 4.69) is 5.32 Å². The lowest BCUT2D eigenvalue weighted by molar-refractivity contribution is 0.0958. The zero-order chi connectivity index (χ0) is 10.1. The second-order valence-corrected chi connectivity index (χ2v) is 3.20. The van der Waals surface area contributed by atoms with Crippen molar-refractivity contribution in [1.82, 2.24) is 9.88 Å². The number of carbonyl (C=O) groups excluding carboxylic acids is 1. The molecule has 72 valence electrons. The first-order valence-electron chi connectivity index (χ1n) is 4.36. The maximum Gasteiger partial charge on any atom is 0.272 e. The van der Waals surface area contributed by atoms with Crippen LogP contribution in [0.25, 0.3) is 0 Å². The first kappa shape index (κ1) is 8.74. The van der Waals surface area contributed by atoms with Crippen LogP contribution in [-0.2, 0) is 6.54 Å². The van der Waals surface area contributed by atoms with E-state index in [4.69, 9.17) is 0 Å². The van der Waals surface area contributed by atoms with E-state index in [9.17, 15) is 9.59 Å². The lowest BCUT2D eigenvalue weighted by Crippen LogP contribution is -2.27. The first-order chi connectivity index (χ1) is 6.68. The number of fused-ring (bicyclic) bond motifs is 1. The molecule has 0 radical (unpaired) electrons. The topological polar surface area (TPSA) is 51.1 Å². The van der Waals surface area contributed by atoms with Gasteiger partial charge in [-0.05, 0) is 19.1 Å². The molecule has 0 unspecified atom stereocenters. The summed E-state index contributed by atoms with van der Waals surface area (Å²) in [4.78, 5) is 23.0. The summed E-state index contributed by atoms with van der Waals surface area (Å²) >= 11 is 0. The van der Waals surface area contributed by atoms with Crippen LogP contribution in [-0.4, -0.2) is 10.5 Å². The van der Waals surface area contributed by atoms with Gasteiger partial charge in [0.05, 0.1) is 0 Å². The van der Waals surface area contributed by atoms with E-state index in [0.717, 1.165) is 5.70 Å². The quantitative estimate of drug-likeness (QED) is 0.647. The van der Waals surface area contributed by atoms with Crippen molar-refractivity contribution in [2.75, 3.05) is 0 Å². The number of allylic oxidation sites excluding steroid dienone is 2. The van der Waals surface area contributed by atoms with Gasteiger partial charge in [-0.3, -0.25) is 14.2 Å². The highest BCUT2D eigenvalue weighted by atomic mass is 16.2. The molecule has 0 saturated carbocycles. The summed E-state index contributed by atoms with van der Waals surface area (Å²) in [5.41, 5.74) is 1.03. The zero-order valence-corrected chi connectivity index (χ0v) is 7.78. The van der Waals surface area contributed by atoms with Crippen molar-refractivity contribution in [2.45, 2.75) is 13.5 Å². The van der Waals surface area contributed by atoms with Gasteiger partial charge in [-0.15, -0.1) is 0 Å². The molecule has 0 saturated heterocycles. The largest absolute Gasteiger partial charge is 0.325 e. The molecule has 0 aliphatic carbocycles. The molecular weight excluding hydrogens is 180 g/mol. The number of hydrogen-bond donors (Lipinski definition) is 1. The number of nitrogens with zero attached hydrogens (tertiary/aromatic N) is 1. The normalized spacial score (nSPS) is 15.2. The number of hydrogen-bond acceptors (Lipinski definition) is 2. The van der Waals surface area contributed by atoms with Gasteiger partial charge in [-0.2, -0.15) is 0 Å². The molecule has 4 heteroatoms. The van der Waals surface area contributed by atoms with E-state index >= 15 is 0 Å². The molecule has 1 N–H and O–H groups in total. The van der Waals surface area contributed by atoms with Crippen molar-refractivity contribution < 1.29 is 4.79 Å². The number of amides is 1. The molecule has 14 heavy (non-hydrogen) atoms. The number of carbonyl (C=O) groups is 1. The summed E-state index contributed by atoms with van der Waals surface area (Å²) in [6, 6.07) is 4.68. The Hall–Kier alpha value is -1.84. The summed E-state index contributed by atoms with van der Waals surface area (Å²) in [6.45, 7) is 2.24. The molecule has 2 rings (SSSR count). The maximum absolute atomic E-state index is 11.6. The van der Waals surface area contributed by atoms with Crippen molar-refractivity contribution in [1.29, 1.82) is 0 Å². The number of rotatable bonds is 0. The van der Waals surface area contributed by atoms with Gasteiger partial charge in [0.25, 0.3) is 11.5 Å². The lowest BCUT2D eigenvalue weighted by atomic mass is 10.3. The van der Waals surface area contributed by atoms with E-state index in [-0.39, 0.29) is 11.5 Å². The number of pyridine rings is 1. The van der Waals surface area contributed by atoms with Crippen molar-refractivity contribution in [3.8, 4) is 0 Å². The standard InChI is InChI=1S/C10H10N2O2/c1-7-5-6-12-8(10(14)11-7)3-2-4-9(12)13/h2-5H,6H2,1H3,(H,11,14). The Morgan fingerprint density at radius 2 is 2.14 bits per heavy atom. The molecule has 0 spiro atoms. The average Bonchev–Trinajstić information content (AvgIpc) is 2.28. The molecule has 0 fully saturated rings. The van der Waals surface area contributed by atoms with Crippen LogP contribution >= 0.6 is 0 Å². The van der Waals surface area contributed by atoms with Crippen molar-refractivity contribution >= 4 is 5.91 Å². The minimum Gasteiger partial charge on any atom is -0.325 e. The smallest absolute Gasteiger partial charge is 0.272 e. The van der Waals surface area contributed by atoms with E-state index < -0.39 is 0 Å². The molecule has 0 aromatic carbocycles. The van der Waals surface area contributed by atoms with Gasteiger partial charge in [0.2, 0.25) is 0 Å². The third kappa shape index (κ3) is 1.35. The van der Waals surface area contributed by atoms with E-state index in [1.54, 1.807) is 19.1 Å². The minimum absolute atomic E-state index is 0.149. The van der Waals surface area contributed by atoms with Crippen LogP contribution in [0.2, 0.25) is 0 Å². The highest BCUT2D eigenvalue weighted by Gasteiger charge is 2.14. The number of aromatic nitrogens is 1. The van der Waals surface area contributed by atoms with Gasteiger partial charge in [-0.25, -0.2) is 0 Å². The summed E-state index contributed by atoms with van der Waals surface area (Å²) in [5, 5.41) is 2.69. The minimum atomic E-state index is -0.228. The van der Waals surface area contributed by atoms with Crippen LogP contribution in [0.1, 0.15) is 17.4 Å². The fourth-order valence-electron chi connectivity index (χ4n) is 1.43. The Morgan fingerprint density at radius 3 is 2.93 bits per heavy atom. The van der Waals surface area contributed by atoms with Crippen molar-refractivity contribution in [3.63, 3.8) is 0 Å². The van der Waals surface area contributed by atoms with Crippen LogP contribution in [0.3, 0.4) is 0 Å². The SMILES string of the molecule is CC1=CCn2c(cccc2=O)C(=O)N1. The van der Waals surface area contributed by atoms with Crippen LogP contribution in [0.15, 0.2) is 34.8 Å². The Kier molecular flexibility index (Phi) is 1.96. The summed E-state index contributed by atoms with van der Waals surface area (Å²) in [6.07, 6.45) is 1.82. The Labute approximate surface area is 80.9 Å². The van der Waals surface area contributed by atoms with Gasteiger partial charge in [0.15, 0.2) is 0 Å². The average molecular weight is 190 g/mol. The predicted molar refractivity (Wildman–Crippen MR) is 51.9 cm³/mol. The highest BCUT2D eigenvalue weighted by molar-refractivity contribution is 5.93. The molecule has 0 atom stereocenters. The summed E-state index contributed by atoms with van der Waals surface area (Å²) in [7, 11) is 0. The van der Waals surface area contributed by atoms with Crippen molar-refractivity contribution in [2.24, 2.45) is 0 Å². The third-order valence-corrected chi connectivity index (χ3v) is 2.17. The molecule has 1 aliphatic rings. The fraction of sp³-hybridized carbons (Fsp3) is 0.200. The van der Waals surface area contributed by atoms with E-state index in [0.29, 0.717) is 12.2 Å². The van der Waals surface area contributed by atoms with Crippen LogP contribution in [0.4, 0.5) is 0 Å². The zero-order valence-electron chi connectivity index (χ0n) is 7.78. The molecule has 0 bridgehead atoms. The molecule has 1 amide bonds. The van der Waals surface area contributed by atoms with Crippen LogP contribution < -0.4 is 10.9 Å². The second kappa shape index (κ2) is 3.14. The van der Waals surface area contributed by atoms with Crippen LogP contribution in [0.5, 0.6) is 0 Å². The molecule has 4 nitrogen and oxygen atoms in total. The monoisotopic (exact) mass is 190 g/mol. The maximum atomic E-state index is 11.6. The fourth-order valence-corrected chi connectivity index (χ4v) is 1.43. The summed E-state index contributed by atoms with van der Waals surface area (Å²) in [5.74, 6) is -0.228. The molecule has 1 aromatic heterocycles. The first-order valence-corrected chi connectivity index (χ1v) is 4.36. The van der Waals surface area contributed by atoms with Gasteiger partial charge in [-0.1, -0.05) is 6.07 Å². The van der Waals surface area contributed by atoms with Gasteiger partial charge < -0.3 is 5.32 Å².